The van der Waals surface area contributed by atoms with E-state index in [-0.39, 0.29) is 30.0 Å². The van der Waals surface area contributed by atoms with Gasteiger partial charge in [-0.25, -0.2) is 4.39 Å². The average Bonchev–Trinajstić information content (AvgIpc) is 2.66. The van der Waals surface area contributed by atoms with E-state index in [1.54, 1.807) is 35.2 Å². The number of nitrogens with zero attached hydrogens (tertiary/aromatic N) is 1. The maximum Gasteiger partial charge on any atom is 0.260 e. The Labute approximate surface area is 152 Å². The Kier molecular flexibility index (Phi) is 5.94. The lowest BCUT2D eigenvalue weighted by Crippen LogP contribution is -2.43. The van der Waals surface area contributed by atoms with Crippen molar-refractivity contribution in [2.75, 3.05) is 26.3 Å². The number of para-hydroxylation sites is 2. The summed E-state index contributed by atoms with van der Waals surface area (Å²) in [6, 6.07) is 12.6. The molecule has 5 nitrogen and oxygen atoms in total. The van der Waals surface area contributed by atoms with Crippen molar-refractivity contribution in [2.45, 2.75) is 12.8 Å². The normalized spacial score (nSPS) is 17.0. The zero-order chi connectivity index (χ0) is 18.4. The zero-order valence-electron chi connectivity index (χ0n) is 14.4. The molecule has 6 heteroatoms. The molecule has 1 amide bonds. The smallest absolute Gasteiger partial charge is 0.260 e. The molecule has 0 aromatic heterocycles. The molecule has 1 aliphatic heterocycles. The van der Waals surface area contributed by atoms with Crippen molar-refractivity contribution >= 4 is 5.91 Å². The number of ether oxygens (including phenoxy) is 2. The fraction of sp³-hybridized carbons (Fsp3) is 0.350. The molecule has 1 unspecified atom stereocenters. The van der Waals surface area contributed by atoms with Gasteiger partial charge in [0.2, 0.25) is 0 Å². The van der Waals surface area contributed by atoms with Gasteiger partial charge in [0.25, 0.3) is 5.91 Å². The lowest BCUT2D eigenvalue weighted by atomic mass is 9.99. The van der Waals surface area contributed by atoms with Gasteiger partial charge in [0, 0.05) is 25.1 Å². The van der Waals surface area contributed by atoms with Crippen LogP contribution in [0.25, 0.3) is 0 Å². The molecular formula is C20H22FNO4. The molecular weight excluding hydrogens is 337 g/mol. The summed E-state index contributed by atoms with van der Waals surface area (Å²) in [5, 5.41) is 9.68. The van der Waals surface area contributed by atoms with Crippen LogP contribution in [0.2, 0.25) is 0 Å². The number of carbonyl (C=O) groups is 1. The highest BCUT2D eigenvalue weighted by molar-refractivity contribution is 5.78. The number of phenols is 1. The highest BCUT2D eigenvalue weighted by atomic mass is 19.1. The predicted molar refractivity (Wildman–Crippen MR) is 94.8 cm³/mol. The Morgan fingerprint density at radius 1 is 1.19 bits per heavy atom. The fourth-order valence-electron chi connectivity index (χ4n) is 3.01. The van der Waals surface area contributed by atoms with E-state index >= 15 is 0 Å². The summed E-state index contributed by atoms with van der Waals surface area (Å²) in [6.07, 6.45) is 1.85. The number of amides is 1. The topological polar surface area (TPSA) is 59.0 Å². The molecule has 0 aliphatic carbocycles. The van der Waals surface area contributed by atoms with Crippen molar-refractivity contribution in [3.05, 3.63) is 54.3 Å². The number of hydrogen-bond acceptors (Lipinski definition) is 4. The zero-order valence-corrected chi connectivity index (χ0v) is 14.4. The molecule has 1 N–H and O–H groups in total. The van der Waals surface area contributed by atoms with Gasteiger partial charge in [0.15, 0.2) is 18.1 Å². The summed E-state index contributed by atoms with van der Waals surface area (Å²) in [6.45, 7) is 1.58. The Bertz CT molecular complexity index is 752. The summed E-state index contributed by atoms with van der Waals surface area (Å²) < 4.78 is 24.3. The molecule has 1 heterocycles. The van der Waals surface area contributed by atoms with E-state index in [0.717, 1.165) is 12.8 Å². The highest BCUT2D eigenvalue weighted by Gasteiger charge is 2.24. The third kappa shape index (κ3) is 4.88. The number of aromatic hydroxyl groups is 1. The Balaban J connectivity index is 1.48. The van der Waals surface area contributed by atoms with Crippen LogP contribution in [0, 0.1) is 11.7 Å². The van der Waals surface area contributed by atoms with Crippen molar-refractivity contribution in [3.63, 3.8) is 0 Å². The van der Waals surface area contributed by atoms with E-state index in [0.29, 0.717) is 31.2 Å². The minimum atomic E-state index is -0.329. The van der Waals surface area contributed by atoms with E-state index in [1.165, 1.54) is 18.2 Å². The molecule has 1 saturated heterocycles. The first-order chi connectivity index (χ1) is 12.6. The maximum absolute atomic E-state index is 13.2. The van der Waals surface area contributed by atoms with Gasteiger partial charge in [0.05, 0.1) is 6.61 Å². The number of hydrogen-bond donors (Lipinski definition) is 1. The lowest BCUT2D eigenvalue weighted by molar-refractivity contribution is -0.135. The third-order valence-electron chi connectivity index (χ3n) is 4.37. The lowest BCUT2D eigenvalue weighted by Gasteiger charge is -2.32. The van der Waals surface area contributed by atoms with Crippen molar-refractivity contribution in [2.24, 2.45) is 5.92 Å². The van der Waals surface area contributed by atoms with Gasteiger partial charge in [-0.3, -0.25) is 4.79 Å². The molecule has 138 valence electrons. The Morgan fingerprint density at radius 2 is 2.04 bits per heavy atom. The van der Waals surface area contributed by atoms with E-state index in [2.05, 4.69) is 0 Å². The highest BCUT2D eigenvalue weighted by Crippen LogP contribution is 2.25. The van der Waals surface area contributed by atoms with E-state index in [9.17, 15) is 14.3 Å². The predicted octanol–water partition coefficient (Wildman–Crippen LogP) is 3.23. The van der Waals surface area contributed by atoms with E-state index in [4.69, 9.17) is 9.47 Å². The molecule has 26 heavy (non-hydrogen) atoms. The number of piperidine rings is 1. The van der Waals surface area contributed by atoms with Crippen LogP contribution in [0.4, 0.5) is 4.39 Å². The van der Waals surface area contributed by atoms with Crippen LogP contribution in [0.5, 0.6) is 17.2 Å². The van der Waals surface area contributed by atoms with Gasteiger partial charge in [-0.2, -0.15) is 0 Å². The number of likely N-dealkylation sites (tertiary alicyclic amines) is 1. The van der Waals surface area contributed by atoms with Crippen molar-refractivity contribution in [1.82, 2.24) is 4.90 Å². The third-order valence-corrected chi connectivity index (χ3v) is 4.37. The molecule has 1 atom stereocenters. The molecule has 3 rings (SSSR count). The first-order valence-electron chi connectivity index (χ1n) is 8.69. The van der Waals surface area contributed by atoms with Crippen molar-refractivity contribution in [1.29, 1.82) is 0 Å². The number of benzene rings is 2. The van der Waals surface area contributed by atoms with Gasteiger partial charge in [0.1, 0.15) is 11.6 Å². The van der Waals surface area contributed by atoms with Crippen LogP contribution >= 0.6 is 0 Å². The summed E-state index contributed by atoms with van der Waals surface area (Å²) in [5.74, 6) is 0.551. The SMILES string of the molecule is O=C(COc1ccccc1O)N1CCCC(COc2cccc(F)c2)C1. The van der Waals surface area contributed by atoms with Crippen LogP contribution < -0.4 is 9.47 Å². The van der Waals surface area contributed by atoms with E-state index in [1.807, 2.05) is 0 Å². The van der Waals surface area contributed by atoms with Gasteiger partial charge in [-0.05, 0) is 37.1 Å². The largest absolute Gasteiger partial charge is 0.504 e. The van der Waals surface area contributed by atoms with Gasteiger partial charge in [-0.1, -0.05) is 18.2 Å². The average molecular weight is 359 g/mol. The first-order valence-corrected chi connectivity index (χ1v) is 8.69. The Morgan fingerprint density at radius 3 is 2.85 bits per heavy atom. The second-order valence-electron chi connectivity index (χ2n) is 6.37. The first kappa shape index (κ1) is 18.0. The fourth-order valence-corrected chi connectivity index (χ4v) is 3.01. The van der Waals surface area contributed by atoms with Crippen LogP contribution in [0.3, 0.4) is 0 Å². The molecule has 1 aliphatic rings. The number of halogens is 1. The van der Waals surface area contributed by atoms with Crippen LogP contribution in [0.1, 0.15) is 12.8 Å². The van der Waals surface area contributed by atoms with Crippen molar-refractivity contribution < 1.29 is 23.8 Å². The van der Waals surface area contributed by atoms with Crippen LogP contribution in [-0.4, -0.2) is 42.2 Å². The molecule has 1 fully saturated rings. The second-order valence-corrected chi connectivity index (χ2v) is 6.37. The molecule has 0 radical (unpaired) electrons. The summed E-state index contributed by atoms with van der Waals surface area (Å²) in [5.41, 5.74) is 0. The van der Waals surface area contributed by atoms with Crippen LogP contribution in [0.15, 0.2) is 48.5 Å². The maximum atomic E-state index is 13.2. The van der Waals surface area contributed by atoms with Gasteiger partial charge >= 0.3 is 0 Å². The van der Waals surface area contributed by atoms with Gasteiger partial charge < -0.3 is 19.5 Å². The quantitative estimate of drug-likeness (QED) is 0.860. The summed E-state index contributed by atoms with van der Waals surface area (Å²) in [4.78, 5) is 14.1. The monoisotopic (exact) mass is 359 g/mol. The summed E-state index contributed by atoms with van der Waals surface area (Å²) in [7, 11) is 0. The molecule has 2 aromatic rings. The minimum Gasteiger partial charge on any atom is -0.504 e. The molecule has 0 spiro atoms. The number of phenolic OH excluding ortho intramolecular Hbond substituents is 1. The van der Waals surface area contributed by atoms with E-state index < -0.39 is 0 Å². The standard InChI is InChI=1S/C20H22FNO4/c21-16-6-3-7-17(11-16)25-13-15-5-4-10-22(12-15)20(24)14-26-19-9-2-1-8-18(19)23/h1-3,6-9,11,15,23H,4-5,10,12-14H2. The minimum absolute atomic E-state index is 0.0142. The Hall–Kier alpha value is -2.76. The molecule has 2 aromatic carbocycles. The number of carbonyl (C=O) groups excluding carboxylic acids is 1. The number of rotatable bonds is 6. The second kappa shape index (κ2) is 8.56. The molecule has 0 saturated carbocycles. The molecule has 0 bridgehead atoms. The van der Waals surface area contributed by atoms with Gasteiger partial charge in [-0.15, -0.1) is 0 Å². The van der Waals surface area contributed by atoms with Crippen molar-refractivity contribution in [3.8, 4) is 17.2 Å². The van der Waals surface area contributed by atoms with Crippen LogP contribution in [-0.2, 0) is 4.79 Å². The summed E-state index contributed by atoms with van der Waals surface area (Å²) >= 11 is 0.